The number of hydrogen-bond donors (Lipinski definition) is 2. The van der Waals surface area contributed by atoms with E-state index in [0.29, 0.717) is 13.2 Å². The maximum Gasteiger partial charge on any atom is 0.119 e. The summed E-state index contributed by atoms with van der Waals surface area (Å²) in [6.45, 7) is 12.3. The summed E-state index contributed by atoms with van der Waals surface area (Å²) in [6.07, 6.45) is 12.9. The van der Waals surface area contributed by atoms with Crippen LogP contribution in [0.15, 0.2) is 48.5 Å². The summed E-state index contributed by atoms with van der Waals surface area (Å²) < 4.78 is 13.7. The highest BCUT2D eigenvalue weighted by Crippen LogP contribution is 2.36. The molecule has 2 fully saturated rings. The molecule has 0 aromatic heterocycles. The third-order valence-electron chi connectivity index (χ3n) is 10.8. The van der Waals surface area contributed by atoms with Gasteiger partial charge in [0.1, 0.15) is 11.5 Å². The van der Waals surface area contributed by atoms with Gasteiger partial charge in [-0.15, -0.1) is 0 Å². The number of nitrogens with zero attached hydrogens (tertiary/aromatic N) is 2. The molecule has 0 amide bonds. The van der Waals surface area contributed by atoms with E-state index in [1.165, 1.54) is 77.5 Å². The van der Waals surface area contributed by atoms with Crippen LogP contribution < -0.4 is 9.47 Å². The Bertz CT molecular complexity index is 1020. The zero-order chi connectivity index (χ0) is 32.8. The minimum atomic E-state index is -0.547. The molecule has 2 heterocycles. The SMILES string of the molecule is CCCOc1ccc([C@@H](O)[C@@H](CC[C@H](C[N+]2(C)CCCCCC2)[C@@H](O)c2ccc(OCCC)cc2)C[N+]2(C)CCCCCC2)cc1. The molecule has 6 nitrogen and oxygen atoms in total. The molecule has 4 rings (SSSR count). The minimum Gasteiger partial charge on any atom is -0.494 e. The Balaban J connectivity index is 1.57. The fourth-order valence-corrected chi connectivity index (χ4v) is 8.04. The van der Waals surface area contributed by atoms with Gasteiger partial charge >= 0.3 is 0 Å². The van der Waals surface area contributed by atoms with Gasteiger partial charge in [0.2, 0.25) is 0 Å². The number of aliphatic hydroxyl groups is 2. The maximum atomic E-state index is 12.0. The number of benzene rings is 2. The van der Waals surface area contributed by atoms with E-state index in [1.807, 2.05) is 24.3 Å². The van der Waals surface area contributed by atoms with Gasteiger partial charge < -0.3 is 28.7 Å². The van der Waals surface area contributed by atoms with Crippen molar-refractivity contribution in [2.45, 2.75) is 103 Å². The summed E-state index contributed by atoms with van der Waals surface area (Å²) in [5, 5.41) is 24.0. The quantitative estimate of drug-likeness (QED) is 0.172. The molecule has 0 bridgehead atoms. The molecule has 6 heteroatoms. The summed E-state index contributed by atoms with van der Waals surface area (Å²) in [7, 11) is 4.81. The number of quaternary nitrogens is 2. The molecule has 2 aromatic carbocycles. The smallest absolute Gasteiger partial charge is 0.119 e. The molecule has 0 spiro atoms. The van der Waals surface area contributed by atoms with Crippen molar-refractivity contribution in [3.8, 4) is 11.5 Å². The van der Waals surface area contributed by atoms with Gasteiger partial charge in [-0.2, -0.15) is 0 Å². The molecular weight excluding hydrogens is 572 g/mol. The molecule has 2 aliphatic heterocycles. The normalized spacial score (nSPS) is 20.9. The van der Waals surface area contributed by atoms with Crippen molar-refractivity contribution in [3.63, 3.8) is 0 Å². The predicted octanol–water partition coefficient (Wildman–Crippen LogP) is 8.09. The number of ether oxygens (including phenoxy) is 2. The van der Waals surface area contributed by atoms with Crippen LogP contribution >= 0.6 is 0 Å². The second kappa shape index (κ2) is 18.4. The number of rotatable bonds is 17. The molecule has 2 saturated heterocycles. The first-order valence-electron chi connectivity index (χ1n) is 18.7. The van der Waals surface area contributed by atoms with Crippen LogP contribution in [-0.2, 0) is 0 Å². The van der Waals surface area contributed by atoms with Crippen LogP contribution in [0.1, 0.15) is 114 Å². The van der Waals surface area contributed by atoms with Crippen LogP contribution in [0.2, 0.25) is 0 Å². The predicted molar refractivity (Wildman–Crippen MR) is 189 cm³/mol. The maximum absolute atomic E-state index is 12.0. The standard InChI is InChI=1S/C40H66N2O4/c1-5-29-45-37-21-17-33(18-22-37)39(43)35(31-41(3)25-11-7-8-12-26-41)15-16-36(32-42(4)27-13-9-10-14-28-42)40(44)34-19-23-38(24-20-34)46-30-6-2/h17-24,35-36,39-40,43-44H,5-16,25-32H2,1-4H3/q+2/t35-,36+,39+,40-. The summed E-state index contributed by atoms with van der Waals surface area (Å²) in [5.74, 6) is 1.95. The van der Waals surface area contributed by atoms with E-state index in [-0.39, 0.29) is 11.8 Å². The molecule has 258 valence electrons. The fourth-order valence-electron chi connectivity index (χ4n) is 8.04. The minimum absolute atomic E-state index is 0.111. The third kappa shape index (κ3) is 11.2. The molecule has 0 radical (unpaired) electrons. The van der Waals surface area contributed by atoms with Gasteiger partial charge in [0, 0.05) is 11.8 Å². The Morgan fingerprint density at radius 3 is 1.17 bits per heavy atom. The van der Waals surface area contributed by atoms with Gasteiger partial charge in [-0.05, 0) is 112 Å². The first-order valence-corrected chi connectivity index (χ1v) is 18.7. The fraction of sp³-hybridized carbons (Fsp3) is 0.700. The molecule has 46 heavy (non-hydrogen) atoms. The first kappa shape index (κ1) is 36.7. The van der Waals surface area contributed by atoms with Gasteiger partial charge in [-0.25, -0.2) is 0 Å². The van der Waals surface area contributed by atoms with E-state index < -0.39 is 12.2 Å². The highest BCUT2D eigenvalue weighted by Gasteiger charge is 2.36. The Morgan fingerprint density at radius 2 is 0.870 bits per heavy atom. The average Bonchev–Trinajstić information content (AvgIpc) is 3.43. The van der Waals surface area contributed by atoms with E-state index in [2.05, 4.69) is 52.2 Å². The molecule has 4 atom stereocenters. The molecule has 0 aliphatic carbocycles. The van der Waals surface area contributed by atoms with E-state index in [4.69, 9.17) is 9.47 Å². The van der Waals surface area contributed by atoms with Gasteiger partial charge in [-0.3, -0.25) is 0 Å². The van der Waals surface area contributed by atoms with Gasteiger partial charge in [0.15, 0.2) is 0 Å². The van der Waals surface area contributed by atoms with Crippen LogP contribution in [0.5, 0.6) is 11.5 Å². The van der Waals surface area contributed by atoms with E-state index in [0.717, 1.165) is 70.4 Å². The molecule has 2 aliphatic rings. The number of hydrogen-bond acceptors (Lipinski definition) is 4. The largest absolute Gasteiger partial charge is 0.494 e. The number of aliphatic hydroxyl groups excluding tert-OH is 2. The monoisotopic (exact) mass is 639 g/mol. The topological polar surface area (TPSA) is 58.9 Å². The summed E-state index contributed by atoms with van der Waals surface area (Å²) in [6, 6.07) is 16.3. The lowest BCUT2D eigenvalue weighted by Gasteiger charge is -2.40. The molecule has 2 N–H and O–H groups in total. The zero-order valence-electron chi connectivity index (χ0n) is 29.7. The van der Waals surface area contributed by atoms with Crippen molar-refractivity contribution in [2.24, 2.45) is 11.8 Å². The van der Waals surface area contributed by atoms with Crippen LogP contribution in [0.25, 0.3) is 0 Å². The van der Waals surface area contributed by atoms with Crippen LogP contribution in [0.4, 0.5) is 0 Å². The van der Waals surface area contributed by atoms with Crippen LogP contribution in [0.3, 0.4) is 0 Å². The van der Waals surface area contributed by atoms with Crippen molar-refractivity contribution >= 4 is 0 Å². The van der Waals surface area contributed by atoms with Crippen molar-refractivity contribution in [2.75, 3.05) is 66.6 Å². The zero-order valence-corrected chi connectivity index (χ0v) is 29.7. The van der Waals surface area contributed by atoms with Crippen molar-refractivity contribution in [3.05, 3.63) is 59.7 Å². The van der Waals surface area contributed by atoms with Crippen LogP contribution in [0, 0.1) is 11.8 Å². The van der Waals surface area contributed by atoms with Gasteiger partial charge in [-0.1, -0.05) is 38.1 Å². The Hall–Kier alpha value is -2.12. The van der Waals surface area contributed by atoms with Crippen LogP contribution in [-0.4, -0.2) is 85.8 Å². The van der Waals surface area contributed by atoms with E-state index in [9.17, 15) is 10.2 Å². The third-order valence-corrected chi connectivity index (χ3v) is 10.8. The van der Waals surface area contributed by atoms with Gasteiger partial charge in [0.25, 0.3) is 0 Å². The molecule has 0 unspecified atom stereocenters. The summed E-state index contributed by atoms with van der Waals surface area (Å²) in [4.78, 5) is 0. The summed E-state index contributed by atoms with van der Waals surface area (Å²) >= 11 is 0. The van der Waals surface area contributed by atoms with Crippen molar-refractivity contribution < 1.29 is 28.7 Å². The van der Waals surface area contributed by atoms with Gasteiger partial charge in [0.05, 0.1) is 78.8 Å². The number of likely N-dealkylation sites (tertiary alicyclic amines) is 2. The van der Waals surface area contributed by atoms with Crippen molar-refractivity contribution in [1.29, 1.82) is 0 Å². The highest BCUT2D eigenvalue weighted by atomic mass is 16.5. The average molecular weight is 639 g/mol. The molecule has 2 aromatic rings. The lowest BCUT2D eigenvalue weighted by atomic mass is 9.83. The molecule has 0 saturated carbocycles. The van der Waals surface area contributed by atoms with E-state index >= 15 is 0 Å². The summed E-state index contributed by atoms with van der Waals surface area (Å²) in [5.41, 5.74) is 1.95. The second-order valence-corrected chi connectivity index (χ2v) is 15.1. The Labute approximate surface area is 280 Å². The Morgan fingerprint density at radius 1 is 0.543 bits per heavy atom. The Kier molecular flexibility index (Phi) is 14.7. The lowest BCUT2D eigenvalue weighted by molar-refractivity contribution is -0.913. The lowest BCUT2D eigenvalue weighted by Crippen LogP contribution is -2.50. The molecular formula is C40H66N2O4+2. The first-order chi connectivity index (χ1) is 22.2. The van der Waals surface area contributed by atoms with E-state index in [1.54, 1.807) is 0 Å². The van der Waals surface area contributed by atoms with Crippen molar-refractivity contribution in [1.82, 2.24) is 0 Å². The highest BCUT2D eigenvalue weighted by molar-refractivity contribution is 5.30. The second-order valence-electron chi connectivity index (χ2n) is 15.1.